The lowest BCUT2D eigenvalue weighted by molar-refractivity contribution is 0.0924. The minimum absolute atomic E-state index is 0.0126. The first-order chi connectivity index (χ1) is 14.1. The van der Waals surface area contributed by atoms with Crippen molar-refractivity contribution in [2.75, 3.05) is 6.54 Å². The van der Waals surface area contributed by atoms with E-state index in [1.807, 2.05) is 12.1 Å². The number of benzene rings is 1. The third-order valence-corrected chi connectivity index (χ3v) is 6.51. The Bertz CT molecular complexity index is 1060. The van der Waals surface area contributed by atoms with Gasteiger partial charge in [0.2, 0.25) is 0 Å². The second kappa shape index (κ2) is 6.83. The van der Waals surface area contributed by atoms with E-state index in [1.165, 1.54) is 18.4 Å². The molecule has 5 rings (SSSR count). The van der Waals surface area contributed by atoms with Crippen molar-refractivity contribution < 1.29 is 4.79 Å². The highest BCUT2D eigenvalue weighted by Gasteiger charge is 2.43. The lowest BCUT2D eigenvalue weighted by atomic mass is 9.78. The van der Waals surface area contributed by atoms with Crippen molar-refractivity contribution in [3.63, 3.8) is 0 Å². The van der Waals surface area contributed by atoms with Crippen LogP contribution in [0.5, 0.6) is 0 Å². The van der Waals surface area contributed by atoms with Crippen LogP contribution in [0, 0.1) is 0 Å². The normalized spacial score (nSPS) is 17.6. The van der Waals surface area contributed by atoms with Gasteiger partial charge in [0.15, 0.2) is 5.82 Å². The Morgan fingerprint density at radius 2 is 1.83 bits per heavy atom. The number of nitrogens with one attached hydrogen (secondary N) is 2. The summed E-state index contributed by atoms with van der Waals surface area (Å²) in [6, 6.07) is 12.3. The first-order valence-corrected chi connectivity index (χ1v) is 10.5. The van der Waals surface area contributed by atoms with Crippen LogP contribution < -0.4 is 5.32 Å². The number of fused-ring (bicyclic) bond motifs is 2. The number of rotatable bonds is 3. The summed E-state index contributed by atoms with van der Waals surface area (Å²) in [6.07, 6.45) is 6.47. The molecule has 5 heteroatoms. The molecular weight excluding hydrogens is 360 g/mol. The predicted molar refractivity (Wildman–Crippen MR) is 114 cm³/mol. The zero-order valence-electron chi connectivity index (χ0n) is 17.0. The van der Waals surface area contributed by atoms with Gasteiger partial charge in [0.05, 0.1) is 17.0 Å². The molecule has 2 N–H and O–H groups in total. The molecule has 1 aliphatic heterocycles. The highest BCUT2D eigenvalue weighted by Crippen LogP contribution is 2.44. The number of hydrogen-bond acceptors (Lipinski definition) is 3. The summed E-state index contributed by atoms with van der Waals surface area (Å²) in [7, 11) is 0. The Balaban J connectivity index is 1.53. The molecule has 0 bridgehead atoms. The fourth-order valence-corrected chi connectivity index (χ4v) is 4.77. The number of amides is 1. The summed E-state index contributed by atoms with van der Waals surface area (Å²) in [5.41, 5.74) is 5.93. The van der Waals surface area contributed by atoms with Crippen LogP contribution in [0.2, 0.25) is 0 Å². The Kier molecular flexibility index (Phi) is 4.26. The van der Waals surface area contributed by atoms with Gasteiger partial charge in [0.1, 0.15) is 0 Å². The molecule has 0 atom stereocenters. The lowest BCUT2D eigenvalue weighted by Gasteiger charge is -2.33. The van der Waals surface area contributed by atoms with E-state index < -0.39 is 0 Å². The second-order valence-electron chi connectivity index (χ2n) is 8.68. The van der Waals surface area contributed by atoms with Gasteiger partial charge in [0, 0.05) is 29.4 Å². The number of hydrogen-bond donors (Lipinski definition) is 2. The number of nitrogens with zero attached hydrogens (tertiary/aromatic N) is 2. The lowest BCUT2D eigenvalue weighted by Crippen LogP contribution is -2.45. The summed E-state index contributed by atoms with van der Waals surface area (Å²) in [5, 5.41) is 3.10. The first-order valence-electron chi connectivity index (χ1n) is 10.5. The second-order valence-corrected chi connectivity index (χ2v) is 8.68. The number of carbonyl (C=O) groups is 1. The summed E-state index contributed by atoms with van der Waals surface area (Å²) >= 11 is 0. The zero-order valence-corrected chi connectivity index (χ0v) is 17.0. The van der Waals surface area contributed by atoms with Crippen LogP contribution in [0.15, 0.2) is 42.6 Å². The van der Waals surface area contributed by atoms with Gasteiger partial charge in [-0.1, -0.05) is 51.0 Å². The molecule has 0 saturated heterocycles. The van der Waals surface area contributed by atoms with Crippen molar-refractivity contribution in [3.05, 3.63) is 59.4 Å². The van der Waals surface area contributed by atoms with Crippen LogP contribution in [0.3, 0.4) is 0 Å². The molecule has 5 nitrogen and oxygen atoms in total. The average molecular weight is 386 g/mol. The third kappa shape index (κ3) is 3.05. The van der Waals surface area contributed by atoms with Crippen molar-refractivity contribution in [2.45, 2.75) is 50.9 Å². The van der Waals surface area contributed by atoms with Gasteiger partial charge >= 0.3 is 0 Å². The van der Waals surface area contributed by atoms with E-state index in [0.29, 0.717) is 11.7 Å². The van der Waals surface area contributed by atoms with Gasteiger partial charge in [0.25, 0.3) is 5.91 Å². The van der Waals surface area contributed by atoms with Crippen LogP contribution in [-0.2, 0) is 5.41 Å². The number of H-pyrrole nitrogens is 1. The SMILES string of the molecule is CC(C)c1ccc(-c2nccc(-c3cc4c([nH]3)C3(CCCC3)CNC4=O)n2)cc1. The molecule has 1 saturated carbocycles. The van der Waals surface area contributed by atoms with E-state index in [-0.39, 0.29) is 11.3 Å². The minimum atomic E-state index is 0.0126. The van der Waals surface area contributed by atoms with Crippen LogP contribution >= 0.6 is 0 Å². The largest absolute Gasteiger partial charge is 0.356 e. The van der Waals surface area contributed by atoms with Crippen LogP contribution in [0.25, 0.3) is 22.8 Å². The average Bonchev–Trinajstić information content (AvgIpc) is 3.40. The van der Waals surface area contributed by atoms with Gasteiger partial charge in [-0.15, -0.1) is 0 Å². The van der Waals surface area contributed by atoms with E-state index in [0.717, 1.165) is 47.6 Å². The molecule has 3 heterocycles. The standard InChI is InChI=1S/C24H26N4O/c1-15(2)16-5-7-17(8-6-16)22-25-12-9-19(28-22)20-13-18-21(27-20)24(10-3-4-11-24)14-26-23(18)29/h5-9,12-13,15,27H,3-4,10-11,14H2,1-2H3,(H,26,29). The molecule has 3 aromatic rings. The molecule has 1 amide bonds. The maximum atomic E-state index is 12.5. The molecular formula is C24H26N4O. The summed E-state index contributed by atoms with van der Waals surface area (Å²) in [5.74, 6) is 1.21. The van der Waals surface area contributed by atoms with Crippen molar-refractivity contribution in [3.8, 4) is 22.8 Å². The maximum Gasteiger partial charge on any atom is 0.253 e. The molecule has 2 aliphatic rings. The molecule has 2 aromatic heterocycles. The quantitative estimate of drug-likeness (QED) is 0.678. The Labute approximate surface area is 171 Å². The van der Waals surface area contributed by atoms with Gasteiger partial charge in [-0.05, 0) is 36.5 Å². The highest BCUT2D eigenvalue weighted by molar-refractivity contribution is 5.98. The van der Waals surface area contributed by atoms with E-state index in [2.05, 4.69) is 53.4 Å². The number of aromatic amines is 1. The fourth-order valence-electron chi connectivity index (χ4n) is 4.77. The van der Waals surface area contributed by atoms with Crippen molar-refractivity contribution >= 4 is 5.91 Å². The number of carbonyl (C=O) groups excluding carboxylic acids is 1. The third-order valence-electron chi connectivity index (χ3n) is 6.51. The Hall–Kier alpha value is -2.95. The Morgan fingerprint density at radius 1 is 1.07 bits per heavy atom. The molecule has 1 aromatic carbocycles. The Morgan fingerprint density at radius 3 is 2.55 bits per heavy atom. The highest BCUT2D eigenvalue weighted by atomic mass is 16.1. The molecule has 1 aliphatic carbocycles. The first kappa shape index (κ1) is 18.1. The van der Waals surface area contributed by atoms with Crippen LogP contribution in [0.1, 0.15) is 67.1 Å². The van der Waals surface area contributed by atoms with E-state index in [4.69, 9.17) is 4.98 Å². The predicted octanol–water partition coefficient (Wildman–Crippen LogP) is 4.82. The summed E-state index contributed by atoms with van der Waals surface area (Å²) in [4.78, 5) is 25.3. The van der Waals surface area contributed by atoms with E-state index >= 15 is 0 Å². The van der Waals surface area contributed by atoms with Gasteiger partial charge in [-0.2, -0.15) is 0 Å². The minimum Gasteiger partial charge on any atom is -0.356 e. The number of aromatic nitrogens is 3. The van der Waals surface area contributed by atoms with Crippen LogP contribution in [-0.4, -0.2) is 27.4 Å². The maximum absolute atomic E-state index is 12.5. The molecule has 148 valence electrons. The van der Waals surface area contributed by atoms with E-state index in [1.54, 1.807) is 6.20 Å². The molecule has 0 radical (unpaired) electrons. The molecule has 29 heavy (non-hydrogen) atoms. The smallest absolute Gasteiger partial charge is 0.253 e. The monoisotopic (exact) mass is 386 g/mol. The summed E-state index contributed by atoms with van der Waals surface area (Å²) in [6.45, 7) is 5.11. The molecule has 0 unspecified atom stereocenters. The fraction of sp³-hybridized carbons (Fsp3) is 0.375. The van der Waals surface area contributed by atoms with Crippen molar-refractivity contribution in [2.24, 2.45) is 0 Å². The van der Waals surface area contributed by atoms with Crippen molar-refractivity contribution in [1.82, 2.24) is 20.3 Å². The summed E-state index contributed by atoms with van der Waals surface area (Å²) < 4.78 is 0. The molecule has 1 fully saturated rings. The van der Waals surface area contributed by atoms with Gasteiger partial charge < -0.3 is 10.3 Å². The van der Waals surface area contributed by atoms with Gasteiger partial charge in [-0.25, -0.2) is 9.97 Å². The van der Waals surface area contributed by atoms with Gasteiger partial charge in [-0.3, -0.25) is 4.79 Å². The van der Waals surface area contributed by atoms with Crippen LogP contribution in [0.4, 0.5) is 0 Å². The molecule has 1 spiro atoms. The van der Waals surface area contributed by atoms with Crippen molar-refractivity contribution in [1.29, 1.82) is 0 Å². The zero-order chi connectivity index (χ0) is 20.0. The van der Waals surface area contributed by atoms with E-state index in [9.17, 15) is 4.79 Å². The topological polar surface area (TPSA) is 70.7 Å².